The Hall–Kier alpha value is -1.27. The average molecular weight is 416 g/mol. The first-order valence-corrected chi connectivity index (χ1v) is 7.87. The molecule has 0 aliphatic heterocycles. The monoisotopic (exact) mass is 415 g/mol. The topological polar surface area (TPSA) is 29.5 Å². The summed E-state index contributed by atoms with van der Waals surface area (Å²) in [5.74, 6) is 0.632. The van der Waals surface area contributed by atoms with E-state index < -0.39 is 0 Å². The number of ether oxygens (including phenoxy) is 1. The van der Waals surface area contributed by atoms with Crippen molar-refractivity contribution >= 4 is 40.1 Å². The summed E-state index contributed by atoms with van der Waals surface area (Å²) in [6.45, 7) is 0.566. The van der Waals surface area contributed by atoms with Crippen LogP contribution >= 0.6 is 34.2 Å². The van der Waals surface area contributed by atoms with Crippen molar-refractivity contribution in [1.82, 2.24) is 4.90 Å². The van der Waals surface area contributed by atoms with E-state index in [0.29, 0.717) is 17.3 Å². The Balaban J connectivity index is 1.84. The third-order valence-corrected chi connectivity index (χ3v) is 3.91. The number of carbonyl (C=O) groups is 1. The van der Waals surface area contributed by atoms with Crippen LogP contribution in [0.25, 0.3) is 0 Å². The molecule has 2 aromatic rings. The van der Waals surface area contributed by atoms with Gasteiger partial charge in [0.05, 0.1) is 0 Å². The van der Waals surface area contributed by atoms with Crippen LogP contribution in [-0.4, -0.2) is 24.5 Å². The van der Waals surface area contributed by atoms with Gasteiger partial charge in [0.2, 0.25) is 0 Å². The zero-order valence-electron chi connectivity index (χ0n) is 11.6. The number of benzene rings is 2. The molecule has 0 unspecified atom stereocenters. The van der Waals surface area contributed by atoms with Crippen molar-refractivity contribution in [2.24, 2.45) is 0 Å². The molecule has 1 amide bonds. The normalized spacial score (nSPS) is 10.2. The highest BCUT2D eigenvalue weighted by Crippen LogP contribution is 2.14. The fourth-order valence-corrected chi connectivity index (χ4v) is 2.22. The fourth-order valence-electron chi connectivity index (χ4n) is 1.74. The van der Waals surface area contributed by atoms with E-state index in [4.69, 9.17) is 16.3 Å². The Morgan fingerprint density at radius 1 is 1.14 bits per heavy atom. The minimum absolute atomic E-state index is 0.0324. The van der Waals surface area contributed by atoms with E-state index in [1.807, 2.05) is 48.5 Å². The Bertz CT molecular complexity index is 599. The molecule has 0 fully saturated rings. The van der Waals surface area contributed by atoms with Gasteiger partial charge in [-0.05, 0) is 64.6 Å². The molecule has 2 aromatic carbocycles. The third kappa shape index (κ3) is 5.21. The summed E-state index contributed by atoms with van der Waals surface area (Å²) in [5.41, 5.74) is 1.03. The highest BCUT2D eigenvalue weighted by Gasteiger charge is 2.10. The molecule has 0 radical (unpaired) electrons. The summed E-state index contributed by atoms with van der Waals surface area (Å²) in [7, 11) is 1.76. The van der Waals surface area contributed by atoms with E-state index in [2.05, 4.69) is 22.6 Å². The maximum absolute atomic E-state index is 12.0. The maximum atomic E-state index is 12.0. The number of likely N-dealkylation sites (N-methyl/N-ethyl adjacent to an activating group) is 1. The van der Waals surface area contributed by atoms with Gasteiger partial charge in [0.1, 0.15) is 5.75 Å². The molecular weight excluding hydrogens is 401 g/mol. The second-order valence-corrected chi connectivity index (χ2v) is 6.30. The van der Waals surface area contributed by atoms with E-state index in [1.54, 1.807) is 11.9 Å². The number of rotatable bonds is 5. The molecule has 0 aromatic heterocycles. The predicted molar refractivity (Wildman–Crippen MR) is 92.6 cm³/mol. The maximum Gasteiger partial charge on any atom is 0.260 e. The van der Waals surface area contributed by atoms with E-state index >= 15 is 0 Å². The molecule has 0 saturated carbocycles. The van der Waals surface area contributed by atoms with E-state index in [-0.39, 0.29) is 12.5 Å². The summed E-state index contributed by atoms with van der Waals surface area (Å²) < 4.78 is 6.62. The van der Waals surface area contributed by atoms with E-state index in [1.165, 1.54) is 0 Å². The van der Waals surface area contributed by atoms with Crippen LogP contribution in [0, 0.1) is 3.57 Å². The van der Waals surface area contributed by atoms with Crippen LogP contribution in [0.5, 0.6) is 5.75 Å². The molecule has 0 aliphatic rings. The third-order valence-electron chi connectivity index (χ3n) is 2.93. The van der Waals surface area contributed by atoms with Gasteiger partial charge in [-0.25, -0.2) is 0 Å². The van der Waals surface area contributed by atoms with Crippen molar-refractivity contribution < 1.29 is 9.53 Å². The molecule has 0 bridgehead atoms. The zero-order valence-corrected chi connectivity index (χ0v) is 14.5. The summed E-state index contributed by atoms with van der Waals surface area (Å²) in [6.07, 6.45) is 0. The van der Waals surface area contributed by atoms with Crippen LogP contribution in [0.2, 0.25) is 5.02 Å². The number of hydrogen-bond donors (Lipinski definition) is 0. The number of carbonyl (C=O) groups excluding carboxylic acids is 1. The zero-order chi connectivity index (χ0) is 15.2. The lowest BCUT2D eigenvalue weighted by Gasteiger charge is -2.17. The first-order chi connectivity index (χ1) is 10.0. The fraction of sp³-hybridized carbons (Fsp3) is 0.188. The molecule has 0 aliphatic carbocycles. The molecule has 21 heavy (non-hydrogen) atoms. The van der Waals surface area contributed by atoms with E-state index in [0.717, 1.165) is 9.13 Å². The van der Waals surface area contributed by atoms with Crippen molar-refractivity contribution in [3.63, 3.8) is 0 Å². The summed E-state index contributed by atoms with van der Waals surface area (Å²) in [4.78, 5) is 13.7. The highest BCUT2D eigenvalue weighted by molar-refractivity contribution is 14.1. The van der Waals surface area contributed by atoms with Crippen molar-refractivity contribution in [2.75, 3.05) is 13.7 Å². The van der Waals surface area contributed by atoms with Gasteiger partial charge in [0.15, 0.2) is 6.61 Å². The van der Waals surface area contributed by atoms with Gasteiger partial charge < -0.3 is 9.64 Å². The molecule has 2 rings (SSSR count). The highest BCUT2D eigenvalue weighted by atomic mass is 127. The van der Waals surface area contributed by atoms with E-state index in [9.17, 15) is 4.79 Å². The molecule has 0 saturated heterocycles. The molecule has 0 spiro atoms. The lowest BCUT2D eigenvalue weighted by molar-refractivity contribution is -0.132. The Morgan fingerprint density at radius 2 is 1.76 bits per heavy atom. The van der Waals surface area contributed by atoms with Gasteiger partial charge in [0, 0.05) is 22.2 Å². The molecule has 110 valence electrons. The van der Waals surface area contributed by atoms with Gasteiger partial charge in [-0.15, -0.1) is 0 Å². The van der Waals surface area contributed by atoms with Crippen LogP contribution in [0.3, 0.4) is 0 Å². The number of nitrogens with zero attached hydrogens (tertiary/aromatic N) is 1. The number of hydrogen-bond acceptors (Lipinski definition) is 2. The first-order valence-electron chi connectivity index (χ1n) is 6.41. The van der Waals surface area contributed by atoms with Crippen molar-refractivity contribution in [2.45, 2.75) is 6.54 Å². The molecule has 0 N–H and O–H groups in total. The van der Waals surface area contributed by atoms with Gasteiger partial charge >= 0.3 is 0 Å². The van der Waals surface area contributed by atoms with Gasteiger partial charge in [-0.1, -0.05) is 23.7 Å². The van der Waals surface area contributed by atoms with Gasteiger partial charge in [0.25, 0.3) is 5.91 Å². The van der Waals surface area contributed by atoms with Gasteiger partial charge in [-0.3, -0.25) is 4.79 Å². The molecule has 0 atom stereocenters. The Morgan fingerprint density at radius 3 is 2.38 bits per heavy atom. The second kappa shape index (κ2) is 7.66. The van der Waals surface area contributed by atoms with Crippen LogP contribution in [0.15, 0.2) is 48.5 Å². The molecular formula is C16H15ClINO2. The van der Waals surface area contributed by atoms with Crippen LogP contribution in [0.4, 0.5) is 0 Å². The standard InChI is InChI=1S/C16H15ClINO2/c1-19(10-12-2-4-13(17)5-3-12)16(20)11-21-15-8-6-14(18)7-9-15/h2-9H,10-11H2,1H3. The summed E-state index contributed by atoms with van der Waals surface area (Å²) >= 11 is 8.06. The molecule has 3 nitrogen and oxygen atoms in total. The van der Waals surface area contributed by atoms with Crippen molar-refractivity contribution in [1.29, 1.82) is 0 Å². The summed E-state index contributed by atoms with van der Waals surface area (Å²) in [6, 6.07) is 15.0. The lowest BCUT2D eigenvalue weighted by Crippen LogP contribution is -2.30. The predicted octanol–water partition coefficient (Wildman–Crippen LogP) is 3.98. The summed E-state index contributed by atoms with van der Waals surface area (Å²) in [5, 5.41) is 0.690. The molecule has 0 heterocycles. The van der Waals surface area contributed by atoms with Crippen LogP contribution in [0.1, 0.15) is 5.56 Å². The number of halogens is 2. The largest absolute Gasteiger partial charge is 0.484 e. The minimum Gasteiger partial charge on any atom is -0.484 e. The van der Waals surface area contributed by atoms with Crippen molar-refractivity contribution in [3.05, 3.63) is 62.7 Å². The second-order valence-electron chi connectivity index (χ2n) is 4.62. The Kier molecular flexibility index (Phi) is 5.87. The van der Waals surface area contributed by atoms with Crippen molar-refractivity contribution in [3.8, 4) is 5.75 Å². The smallest absolute Gasteiger partial charge is 0.260 e. The van der Waals surface area contributed by atoms with Crippen LogP contribution < -0.4 is 4.74 Å². The quantitative estimate of drug-likeness (QED) is 0.691. The van der Waals surface area contributed by atoms with Crippen LogP contribution in [-0.2, 0) is 11.3 Å². The molecule has 5 heteroatoms. The number of amides is 1. The average Bonchev–Trinajstić information content (AvgIpc) is 2.48. The Labute approximate surface area is 143 Å². The minimum atomic E-state index is -0.0662. The van der Waals surface area contributed by atoms with Gasteiger partial charge in [-0.2, -0.15) is 0 Å². The SMILES string of the molecule is CN(Cc1ccc(Cl)cc1)C(=O)COc1ccc(I)cc1. The first kappa shape index (κ1) is 16.1. The lowest BCUT2D eigenvalue weighted by atomic mass is 10.2.